The second kappa shape index (κ2) is 12.1. The highest BCUT2D eigenvalue weighted by Crippen LogP contribution is 2.48. The number of anilines is 1. The topological polar surface area (TPSA) is 20.5 Å². The number of aromatic nitrogens is 1. The van der Waals surface area contributed by atoms with Gasteiger partial charge in [0, 0.05) is 39.2 Å². The van der Waals surface area contributed by atoms with Gasteiger partial charge in [-0.05, 0) is 77.7 Å². The fourth-order valence-corrected chi connectivity index (χ4v) is 10.9. The number of hydrogen-bond donors (Lipinski definition) is 0. The summed E-state index contributed by atoms with van der Waals surface area (Å²) in [6.07, 6.45) is 10.3. The van der Waals surface area contributed by atoms with E-state index in [2.05, 4.69) is 185 Å². The summed E-state index contributed by atoms with van der Waals surface area (Å²) in [5.41, 5.74) is 13.8. The monoisotopic (exact) mass is 754 g/mol. The van der Waals surface area contributed by atoms with Crippen LogP contribution >= 0.6 is 0 Å². The number of aliphatic imine (C=N–C) groups is 1. The van der Waals surface area contributed by atoms with Crippen LogP contribution in [0.1, 0.15) is 33.0 Å². The number of fused-ring (bicyclic) bond motifs is 6. The molecule has 0 fully saturated rings. The Morgan fingerprint density at radius 2 is 1.32 bits per heavy atom. The minimum absolute atomic E-state index is 0.312. The molecule has 1 aromatic heterocycles. The molecule has 50 heavy (non-hydrogen) atoms. The summed E-state index contributed by atoms with van der Waals surface area (Å²) in [5.74, 6) is 0.312. The first-order chi connectivity index (χ1) is 24.8. The van der Waals surface area contributed by atoms with E-state index in [1.54, 1.807) is 0 Å². The van der Waals surface area contributed by atoms with Crippen molar-refractivity contribution in [1.82, 2.24) is 4.57 Å². The zero-order valence-electron chi connectivity index (χ0n) is 27.3. The van der Waals surface area contributed by atoms with Crippen LogP contribution in [0.2, 0.25) is 0 Å². The molecule has 1 aliphatic carbocycles. The summed E-state index contributed by atoms with van der Waals surface area (Å²) in [6, 6.07) is 55.2. The molecule has 10 rings (SSSR count). The summed E-state index contributed by atoms with van der Waals surface area (Å²) in [5, 5.41) is 2.55. The molecule has 6 aromatic carbocycles. The van der Waals surface area contributed by atoms with E-state index in [0.29, 0.717) is 9.84 Å². The first kappa shape index (κ1) is 29.5. The first-order valence-corrected chi connectivity index (χ1v) is 19.6. The second-order valence-corrected chi connectivity index (χ2v) is 16.0. The molecule has 0 saturated carbocycles. The van der Waals surface area contributed by atoms with Gasteiger partial charge in [-0.15, -0.1) is 0 Å². The van der Waals surface area contributed by atoms with Crippen molar-refractivity contribution in [2.24, 2.45) is 4.99 Å². The van der Waals surface area contributed by atoms with Crippen molar-refractivity contribution in [1.29, 1.82) is 0 Å². The lowest BCUT2D eigenvalue weighted by molar-refractivity contribution is -0.577. The largest absolute Gasteiger partial charge is 0.370 e. The molecule has 4 heteroatoms. The van der Waals surface area contributed by atoms with Gasteiger partial charge in [-0.2, -0.15) is 4.99 Å². The van der Waals surface area contributed by atoms with Gasteiger partial charge in [0.05, 0.1) is 22.4 Å². The van der Waals surface area contributed by atoms with E-state index in [1.165, 1.54) is 70.5 Å². The van der Waals surface area contributed by atoms with E-state index in [-0.39, 0.29) is 0 Å². The Morgan fingerprint density at radius 1 is 0.620 bits per heavy atom. The van der Waals surface area contributed by atoms with Crippen LogP contribution in [-0.4, -0.2) is 8.41 Å². The van der Waals surface area contributed by atoms with Gasteiger partial charge in [0.1, 0.15) is 0 Å². The number of hydrogen-bond acceptors (Lipinski definition) is 2. The number of para-hydroxylation sites is 2. The summed E-state index contributed by atoms with van der Waals surface area (Å²) in [7, 11) is 0. The van der Waals surface area contributed by atoms with Crippen LogP contribution in [0.4, 0.5) is 5.69 Å². The Kier molecular flexibility index (Phi) is 7.16. The van der Waals surface area contributed by atoms with Gasteiger partial charge in [-0.3, -0.25) is 4.90 Å². The molecule has 0 saturated heterocycles. The Morgan fingerprint density at radius 3 is 2.16 bits per heavy atom. The van der Waals surface area contributed by atoms with Gasteiger partial charge in [0.15, 0.2) is 0 Å². The maximum atomic E-state index is 5.46. The fraction of sp³-hybridized carbons (Fsp3) is 0.0652. The summed E-state index contributed by atoms with van der Waals surface area (Å²) >= 11 is -0.463. The van der Waals surface area contributed by atoms with Crippen molar-refractivity contribution in [3.63, 3.8) is 0 Å². The third-order valence-electron chi connectivity index (χ3n) is 10.2. The lowest BCUT2D eigenvalue weighted by Gasteiger charge is -2.22. The molecule has 7 aromatic rings. The smallest absolute Gasteiger partial charge is 0.309 e. The average Bonchev–Trinajstić information content (AvgIpc) is 3.71. The summed E-state index contributed by atoms with van der Waals surface area (Å²) < 4.78 is 3.95. The zero-order chi connectivity index (χ0) is 33.0. The molecule has 0 spiro atoms. The summed E-state index contributed by atoms with van der Waals surface area (Å²) in [6.45, 7) is 0. The van der Waals surface area contributed by atoms with E-state index in [1.807, 2.05) is 0 Å². The summed E-state index contributed by atoms with van der Waals surface area (Å²) in [4.78, 5) is 7.97. The molecule has 2 aliphatic heterocycles. The standard InChI is InChI=1S/C46H33IN3/c1-4-14-31(15-5-1)40-30-41(32-16-6-2-7-17-32)48-46(47-40)50-43-23-13-11-21-37(43)39-29-34(25-27-45(39)50)33-24-26-44-38(28-33)36-20-10-12-22-42(36)49(44)35-18-8-3-9-19-35/h1-20,22-30,37,40H,21H2/q+1. The number of allylic oxidation sites excluding steroid dienone is 5. The average molecular weight is 755 g/mol. The van der Waals surface area contributed by atoms with E-state index in [9.17, 15) is 0 Å². The van der Waals surface area contributed by atoms with E-state index < -0.39 is 21.2 Å². The first-order valence-electron chi connectivity index (χ1n) is 17.2. The van der Waals surface area contributed by atoms with Crippen LogP contribution in [0, 0.1) is 0 Å². The van der Waals surface area contributed by atoms with Gasteiger partial charge in [0.2, 0.25) is 3.92 Å². The van der Waals surface area contributed by atoms with E-state index >= 15 is 0 Å². The van der Waals surface area contributed by atoms with Crippen LogP contribution in [-0.2, 0) is 0 Å². The molecule has 0 N–H and O–H groups in total. The van der Waals surface area contributed by atoms with Crippen molar-refractivity contribution in [3.05, 3.63) is 198 Å². The van der Waals surface area contributed by atoms with Crippen molar-refractivity contribution in [2.45, 2.75) is 16.3 Å². The molecule has 3 nitrogen and oxygen atoms in total. The number of rotatable bonds is 4. The predicted octanol–water partition coefficient (Wildman–Crippen LogP) is 8.44. The highest BCUT2D eigenvalue weighted by atomic mass is 127. The van der Waals surface area contributed by atoms with Gasteiger partial charge in [0.25, 0.3) is 0 Å². The van der Waals surface area contributed by atoms with E-state index in [0.717, 1.165) is 12.1 Å². The molecule has 0 amide bonds. The Bertz CT molecular complexity index is 2540. The fourth-order valence-electron chi connectivity index (χ4n) is 7.81. The molecule has 2 unspecified atom stereocenters. The lowest BCUT2D eigenvalue weighted by atomic mass is 9.90. The van der Waals surface area contributed by atoms with Crippen LogP contribution in [0.25, 0.3) is 44.3 Å². The van der Waals surface area contributed by atoms with Gasteiger partial charge >= 0.3 is 25.0 Å². The predicted molar refractivity (Wildman–Crippen MR) is 204 cm³/mol. The third-order valence-corrected chi connectivity index (χ3v) is 13.2. The zero-order valence-corrected chi connectivity index (χ0v) is 29.5. The normalized spacial score (nSPS) is 18.1. The van der Waals surface area contributed by atoms with Crippen molar-refractivity contribution < 1.29 is 21.2 Å². The van der Waals surface area contributed by atoms with Crippen molar-refractivity contribution in [2.75, 3.05) is 4.90 Å². The second-order valence-electron chi connectivity index (χ2n) is 13.1. The number of amidine groups is 1. The molecule has 3 aliphatic rings. The number of alkyl halides is 1. The molecule has 3 heterocycles. The van der Waals surface area contributed by atoms with Gasteiger partial charge in [-0.25, -0.2) is 0 Å². The van der Waals surface area contributed by atoms with Crippen LogP contribution < -0.4 is 26.1 Å². The maximum absolute atomic E-state index is 5.46. The van der Waals surface area contributed by atoms with Crippen molar-refractivity contribution in [3.8, 4) is 16.8 Å². The minimum Gasteiger partial charge on any atom is -0.309 e. The SMILES string of the molecule is C1=CCC2C(=C1)N(C1=NC(c3ccccc3)=CC(c3ccccc3)[I+]1)c1ccc(-c3ccc4c(c3)c3ccccc3n4-c3ccccc3)cc12. The number of nitrogens with zero attached hydrogens (tertiary/aromatic N) is 3. The molecule has 2 atom stereocenters. The Balaban J connectivity index is 1.09. The Hall–Kier alpha value is -5.46. The van der Waals surface area contributed by atoms with Crippen LogP contribution in [0.15, 0.2) is 187 Å². The molecule has 238 valence electrons. The molecular weight excluding hydrogens is 721 g/mol. The maximum Gasteiger partial charge on any atom is 0.370 e. The number of halogens is 1. The molecule has 0 bridgehead atoms. The lowest BCUT2D eigenvalue weighted by Crippen LogP contribution is -3.66. The highest BCUT2D eigenvalue weighted by molar-refractivity contribution is 6.10. The quantitative estimate of drug-likeness (QED) is 0.100. The minimum atomic E-state index is -0.463. The van der Waals surface area contributed by atoms with E-state index in [4.69, 9.17) is 4.99 Å². The van der Waals surface area contributed by atoms with Crippen molar-refractivity contribution >= 4 is 37.0 Å². The van der Waals surface area contributed by atoms with Gasteiger partial charge < -0.3 is 4.57 Å². The molecular formula is C46H33IN3+. The molecule has 0 radical (unpaired) electrons. The van der Waals surface area contributed by atoms with Gasteiger partial charge in [-0.1, -0.05) is 121 Å². The van der Waals surface area contributed by atoms with Crippen LogP contribution in [0.5, 0.6) is 0 Å². The number of benzene rings is 6. The van der Waals surface area contributed by atoms with Crippen LogP contribution in [0.3, 0.4) is 0 Å². The third kappa shape index (κ3) is 4.89. The highest BCUT2D eigenvalue weighted by Gasteiger charge is 2.45. The Labute approximate surface area is 302 Å².